The molecule has 15 nitrogen and oxygen atoms in total. The highest BCUT2D eigenvalue weighted by Gasteiger charge is 2.28. The van der Waals surface area contributed by atoms with Gasteiger partial charge in [-0.2, -0.15) is 0 Å². The molecule has 0 heterocycles. The molecule has 0 saturated heterocycles. The van der Waals surface area contributed by atoms with Crippen molar-refractivity contribution in [1.82, 2.24) is 0 Å². The minimum Gasteiger partial charge on any atom is -0.463 e. The van der Waals surface area contributed by atoms with Crippen LogP contribution in [-0.2, 0) is 46.3 Å². The average molecular weight is 1000 g/mol. The van der Waals surface area contributed by atoms with E-state index in [0.717, 1.165) is 57.8 Å². The summed E-state index contributed by atoms with van der Waals surface area (Å²) in [6.45, 7) is 0.191. The van der Waals surface area contributed by atoms with Gasteiger partial charge >= 0.3 is 27.6 Å². The Hall–Kier alpha value is -3.04. The second kappa shape index (κ2) is 46.3. The average Bonchev–Trinajstić information content (AvgIpc) is 3.31. The molecule has 5 atom stereocenters. The van der Waals surface area contributed by atoms with Crippen LogP contribution in [0.2, 0.25) is 0 Å². The van der Waals surface area contributed by atoms with Crippen molar-refractivity contribution in [3.8, 4) is 0 Å². The first-order valence-electron chi connectivity index (χ1n) is 24.7. The summed E-state index contributed by atoms with van der Waals surface area (Å²) in [5, 5.41) is 30.0. The highest BCUT2D eigenvalue weighted by molar-refractivity contribution is 7.47. The molecule has 68 heavy (non-hydrogen) atoms. The highest BCUT2D eigenvalue weighted by atomic mass is 31.2. The molecule has 0 aromatic carbocycles. The third kappa shape index (κ3) is 48.0. The third-order valence-electron chi connectivity index (χ3n) is 9.72. The van der Waals surface area contributed by atoms with Gasteiger partial charge in [-0.05, 0) is 57.8 Å². The first kappa shape index (κ1) is 65.0. The van der Waals surface area contributed by atoms with Gasteiger partial charge < -0.3 is 34.6 Å². The van der Waals surface area contributed by atoms with Gasteiger partial charge in [0.15, 0.2) is 0 Å². The Kier molecular flexibility index (Phi) is 44.3. The van der Waals surface area contributed by atoms with Crippen LogP contribution in [0.3, 0.4) is 0 Å². The zero-order chi connectivity index (χ0) is 50.2. The summed E-state index contributed by atoms with van der Waals surface area (Å²) in [5.41, 5.74) is 0. The maximum Gasteiger partial charge on any atom is 0.472 e. The first-order chi connectivity index (χ1) is 32.8. The van der Waals surface area contributed by atoms with E-state index in [2.05, 4.69) is 50.2 Å². The Balaban J connectivity index is 3.96. The number of carbonyl (C=O) groups is 2. The van der Waals surface area contributed by atoms with Crippen LogP contribution in [-0.4, -0.2) is 95.0 Å². The number of aliphatic hydroxyl groups is 3. The van der Waals surface area contributed by atoms with Gasteiger partial charge in [0, 0.05) is 12.8 Å². The number of ether oxygens (including phenoxy) is 2. The molecule has 390 valence electrons. The molecule has 0 saturated carbocycles. The minimum atomic E-state index is -4.80. The lowest BCUT2D eigenvalue weighted by atomic mass is 10.1. The van der Waals surface area contributed by atoms with Crippen LogP contribution in [0.4, 0.5) is 0 Å². The number of phosphoric acid groups is 2. The molecule has 0 fully saturated rings. The lowest BCUT2D eigenvalue weighted by molar-refractivity contribution is -0.148. The summed E-state index contributed by atoms with van der Waals surface area (Å²) in [5.74, 6) is -1.05. The van der Waals surface area contributed by atoms with E-state index in [1.165, 1.54) is 57.8 Å². The summed E-state index contributed by atoms with van der Waals surface area (Å²) in [6.07, 6.45) is 49.6. The predicted octanol–water partition coefficient (Wildman–Crippen LogP) is 11.5. The second-order valence-electron chi connectivity index (χ2n) is 16.3. The van der Waals surface area contributed by atoms with Crippen molar-refractivity contribution in [2.75, 3.05) is 39.6 Å². The molecule has 5 N–H and O–H groups in total. The molecular formula is C51H86O15P2. The van der Waals surface area contributed by atoms with Gasteiger partial charge in [-0.1, -0.05) is 182 Å². The van der Waals surface area contributed by atoms with Crippen molar-refractivity contribution in [2.45, 2.75) is 173 Å². The van der Waals surface area contributed by atoms with Gasteiger partial charge in [0.1, 0.15) is 31.5 Å². The van der Waals surface area contributed by atoms with Crippen LogP contribution in [0.5, 0.6) is 0 Å². The molecule has 0 radical (unpaired) electrons. The Bertz CT molecular complexity index is 1590. The van der Waals surface area contributed by atoms with Crippen LogP contribution in [0.1, 0.15) is 155 Å². The summed E-state index contributed by atoms with van der Waals surface area (Å²) < 4.78 is 53.0. The quantitative estimate of drug-likeness (QED) is 0.0126. The number of esters is 2. The van der Waals surface area contributed by atoms with Crippen LogP contribution >= 0.6 is 15.6 Å². The third-order valence-corrected chi connectivity index (χ3v) is 11.6. The Labute approximate surface area is 408 Å². The van der Waals surface area contributed by atoms with Gasteiger partial charge in [-0.3, -0.25) is 27.7 Å². The fraction of sp³-hybridized carbons (Fsp3) is 0.647. The van der Waals surface area contributed by atoms with Gasteiger partial charge in [0.25, 0.3) is 0 Å². The fourth-order valence-corrected chi connectivity index (χ4v) is 7.49. The van der Waals surface area contributed by atoms with Crippen molar-refractivity contribution in [3.63, 3.8) is 0 Å². The van der Waals surface area contributed by atoms with E-state index >= 15 is 0 Å². The maximum absolute atomic E-state index is 12.2. The summed E-state index contributed by atoms with van der Waals surface area (Å²) >= 11 is 0. The van der Waals surface area contributed by atoms with E-state index in [1.54, 1.807) is 0 Å². The number of phosphoric ester groups is 2. The first-order valence-corrected chi connectivity index (χ1v) is 27.7. The van der Waals surface area contributed by atoms with Crippen LogP contribution in [0, 0.1) is 0 Å². The molecule has 0 aliphatic rings. The van der Waals surface area contributed by atoms with E-state index in [0.29, 0.717) is 12.8 Å². The molecule has 0 bridgehead atoms. The molecule has 17 heteroatoms. The van der Waals surface area contributed by atoms with Crippen molar-refractivity contribution >= 4 is 27.6 Å². The zero-order valence-corrected chi connectivity index (χ0v) is 42.8. The number of hydrogen-bond acceptors (Lipinski definition) is 13. The van der Waals surface area contributed by atoms with Gasteiger partial charge in [-0.25, -0.2) is 9.13 Å². The standard InChI is InChI=1S/C51H86O15P2/c1-3-5-7-9-11-13-15-17-19-21-22-24-26-28-30-32-34-36-38-40-51(56)62-42-48(53)44-64-68(59,60)66-46-49(54)45-65-67(57,58)63-43-47(52)41-61-50(55)39-37-35-33-31-29-27-25-23-20-18-16-14-12-10-8-6-4-2/h5,7,9,11,13,15,17-22,24,26,28,30,47-49,52-54H,3-4,6,8,10,12,14,16,23,25,27,29,31-46H2,1-2H3,(H,57,58)(H,59,60)/b7-5+,11-9+,15-13-,19-17+,20-18+,22-21+,26-24+,30-28+. The Morgan fingerprint density at radius 1 is 0.397 bits per heavy atom. The normalized spacial score (nSPS) is 15.8. The molecule has 0 amide bonds. The lowest BCUT2D eigenvalue weighted by Crippen LogP contribution is -2.25. The van der Waals surface area contributed by atoms with E-state index < -0.39 is 85.5 Å². The van der Waals surface area contributed by atoms with E-state index in [9.17, 15) is 43.8 Å². The number of carbonyl (C=O) groups excluding carboxylic acids is 2. The molecule has 0 spiro atoms. The fourth-order valence-electron chi connectivity index (χ4n) is 5.90. The van der Waals surface area contributed by atoms with Crippen molar-refractivity contribution < 1.29 is 71.4 Å². The monoisotopic (exact) mass is 1000 g/mol. The van der Waals surface area contributed by atoms with E-state index in [4.69, 9.17) is 9.47 Å². The number of aliphatic hydroxyl groups excluding tert-OH is 3. The molecule has 5 unspecified atom stereocenters. The van der Waals surface area contributed by atoms with Gasteiger partial charge in [0.05, 0.1) is 26.4 Å². The number of unbranched alkanes of at least 4 members (excludes halogenated alkanes) is 16. The summed E-state index contributed by atoms with van der Waals surface area (Å²) in [6, 6.07) is 0. The van der Waals surface area contributed by atoms with Crippen LogP contribution < -0.4 is 0 Å². The molecule has 0 aromatic rings. The maximum atomic E-state index is 12.2. The second-order valence-corrected chi connectivity index (χ2v) is 19.2. The molecular weight excluding hydrogens is 914 g/mol. The van der Waals surface area contributed by atoms with Crippen molar-refractivity contribution in [1.29, 1.82) is 0 Å². The van der Waals surface area contributed by atoms with Crippen molar-refractivity contribution in [2.24, 2.45) is 0 Å². The predicted molar refractivity (Wildman–Crippen MR) is 269 cm³/mol. The lowest BCUT2D eigenvalue weighted by Gasteiger charge is -2.19. The molecule has 0 rings (SSSR count). The van der Waals surface area contributed by atoms with E-state index in [1.807, 2.05) is 79.0 Å². The summed E-state index contributed by atoms with van der Waals surface area (Å²) in [7, 11) is -9.60. The Morgan fingerprint density at radius 2 is 0.691 bits per heavy atom. The SMILES string of the molecule is CC/C=C/C=C/C=C\C=C\C=C\C=C\C=C\CCCCCC(=O)OCC(O)COP(=O)(O)OCC(O)COP(=O)(O)OCC(O)COC(=O)CCCCCCCCC/C=C/CCCCCCCC. The topological polar surface area (TPSA) is 225 Å². The number of hydrogen-bond donors (Lipinski definition) is 5. The number of allylic oxidation sites excluding steroid dienone is 16. The molecule has 0 aromatic heterocycles. The smallest absolute Gasteiger partial charge is 0.463 e. The molecule has 0 aliphatic heterocycles. The largest absolute Gasteiger partial charge is 0.472 e. The van der Waals surface area contributed by atoms with E-state index in [-0.39, 0.29) is 12.8 Å². The van der Waals surface area contributed by atoms with Gasteiger partial charge in [0.2, 0.25) is 0 Å². The summed E-state index contributed by atoms with van der Waals surface area (Å²) in [4.78, 5) is 43.8. The van der Waals surface area contributed by atoms with Crippen LogP contribution in [0.15, 0.2) is 97.2 Å². The number of rotatable bonds is 46. The minimum absolute atomic E-state index is 0.138. The van der Waals surface area contributed by atoms with Crippen molar-refractivity contribution in [3.05, 3.63) is 97.2 Å². The highest BCUT2D eigenvalue weighted by Crippen LogP contribution is 2.45. The Morgan fingerprint density at radius 3 is 1.07 bits per heavy atom. The van der Waals surface area contributed by atoms with Gasteiger partial charge in [-0.15, -0.1) is 0 Å². The zero-order valence-electron chi connectivity index (χ0n) is 41.0. The molecule has 0 aliphatic carbocycles. The van der Waals surface area contributed by atoms with Crippen LogP contribution in [0.25, 0.3) is 0 Å².